The van der Waals surface area contributed by atoms with E-state index in [4.69, 9.17) is 0 Å². The molecule has 0 spiro atoms. The van der Waals surface area contributed by atoms with E-state index in [1.807, 2.05) is 11.0 Å². The summed E-state index contributed by atoms with van der Waals surface area (Å²) in [7, 11) is 4.23. The van der Waals surface area contributed by atoms with Gasteiger partial charge in [-0.05, 0) is 71.8 Å². The van der Waals surface area contributed by atoms with Crippen LogP contribution in [0.2, 0.25) is 0 Å². The van der Waals surface area contributed by atoms with Crippen LogP contribution in [0, 0.1) is 0 Å². The van der Waals surface area contributed by atoms with Crippen LogP contribution in [0.15, 0.2) is 18.5 Å². The first-order valence-corrected chi connectivity index (χ1v) is 12.8. The van der Waals surface area contributed by atoms with Gasteiger partial charge >= 0.3 is 0 Å². The SMILES string of the molecule is CN1CCC(N(C)CC(=O)N2CCC[C@H]2c2ccnc3c(C(=O)NC4CCCC4)cnn23)CC1. The number of fused-ring (bicyclic) bond motifs is 1. The van der Waals surface area contributed by atoms with Crippen molar-refractivity contribution in [3.8, 4) is 0 Å². The van der Waals surface area contributed by atoms with Gasteiger partial charge in [-0.2, -0.15) is 5.10 Å². The van der Waals surface area contributed by atoms with Crippen molar-refractivity contribution in [1.82, 2.24) is 34.6 Å². The van der Waals surface area contributed by atoms with Gasteiger partial charge in [0.2, 0.25) is 5.91 Å². The molecule has 0 aromatic carbocycles. The summed E-state index contributed by atoms with van der Waals surface area (Å²) in [5.74, 6) is 0.0610. The molecule has 0 bridgehead atoms. The Labute approximate surface area is 201 Å². The number of nitrogens with one attached hydrogen (secondary N) is 1. The molecule has 0 unspecified atom stereocenters. The van der Waals surface area contributed by atoms with E-state index in [9.17, 15) is 9.59 Å². The zero-order chi connectivity index (χ0) is 23.7. The maximum absolute atomic E-state index is 13.4. The molecule has 5 rings (SSSR count). The molecule has 1 N–H and O–H groups in total. The average molecular weight is 468 g/mol. The molecule has 2 saturated heterocycles. The van der Waals surface area contributed by atoms with Crippen LogP contribution in [-0.2, 0) is 4.79 Å². The summed E-state index contributed by atoms with van der Waals surface area (Å²) in [6.07, 6.45) is 11.8. The molecule has 2 aromatic rings. The lowest BCUT2D eigenvalue weighted by Gasteiger charge is -2.36. The smallest absolute Gasteiger partial charge is 0.256 e. The number of nitrogens with zero attached hydrogens (tertiary/aromatic N) is 6. The van der Waals surface area contributed by atoms with Gasteiger partial charge in [0, 0.05) is 24.8 Å². The topological polar surface area (TPSA) is 86.1 Å². The van der Waals surface area contributed by atoms with Crippen molar-refractivity contribution < 1.29 is 9.59 Å². The van der Waals surface area contributed by atoms with Gasteiger partial charge in [0.05, 0.1) is 24.5 Å². The molecular formula is C25H37N7O2. The van der Waals surface area contributed by atoms with E-state index >= 15 is 0 Å². The molecule has 9 nitrogen and oxygen atoms in total. The van der Waals surface area contributed by atoms with Crippen LogP contribution >= 0.6 is 0 Å². The van der Waals surface area contributed by atoms with Gasteiger partial charge in [0.25, 0.3) is 5.91 Å². The molecule has 34 heavy (non-hydrogen) atoms. The van der Waals surface area contributed by atoms with E-state index < -0.39 is 0 Å². The summed E-state index contributed by atoms with van der Waals surface area (Å²) in [5.41, 5.74) is 2.00. The largest absolute Gasteiger partial charge is 0.349 e. The maximum atomic E-state index is 13.4. The molecule has 0 radical (unpaired) electrons. The summed E-state index contributed by atoms with van der Waals surface area (Å²) in [6.45, 7) is 3.36. The second-order valence-corrected chi connectivity index (χ2v) is 10.3. The zero-order valence-electron chi connectivity index (χ0n) is 20.4. The highest BCUT2D eigenvalue weighted by molar-refractivity contribution is 5.99. The number of amides is 2. The quantitative estimate of drug-likeness (QED) is 0.700. The number of likely N-dealkylation sites (tertiary alicyclic amines) is 2. The highest BCUT2D eigenvalue weighted by Gasteiger charge is 2.34. The Balaban J connectivity index is 1.31. The van der Waals surface area contributed by atoms with Crippen LogP contribution in [-0.4, -0.2) is 93.5 Å². The molecule has 1 saturated carbocycles. The lowest BCUT2D eigenvalue weighted by Crippen LogP contribution is -2.46. The van der Waals surface area contributed by atoms with Gasteiger partial charge in [0.1, 0.15) is 5.56 Å². The van der Waals surface area contributed by atoms with E-state index in [-0.39, 0.29) is 23.9 Å². The van der Waals surface area contributed by atoms with E-state index in [1.54, 1.807) is 16.9 Å². The van der Waals surface area contributed by atoms with Gasteiger partial charge in [-0.15, -0.1) is 0 Å². The van der Waals surface area contributed by atoms with Crippen molar-refractivity contribution in [1.29, 1.82) is 0 Å². The predicted octanol–water partition coefficient (Wildman–Crippen LogP) is 2.09. The van der Waals surface area contributed by atoms with Gasteiger partial charge in [-0.25, -0.2) is 9.50 Å². The molecule has 2 amide bonds. The fraction of sp³-hybridized carbons (Fsp3) is 0.680. The number of carbonyl (C=O) groups is 2. The third-order valence-electron chi connectivity index (χ3n) is 7.98. The average Bonchev–Trinajstić information content (AvgIpc) is 3.59. The van der Waals surface area contributed by atoms with Crippen LogP contribution < -0.4 is 5.32 Å². The summed E-state index contributed by atoms with van der Waals surface area (Å²) in [4.78, 5) is 37.3. The van der Waals surface area contributed by atoms with Gasteiger partial charge < -0.3 is 15.1 Å². The van der Waals surface area contributed by atoms with Crippen molar-refractivity contribution in [3.05, 3.63) is 29.7 Å². The van der Waals surface area contributed by atoms with Crippen LogP contribution in [0.1, 0.15) is 73.5 Å². The van der Waals surface area contributed by atoms with Crippen molar-refractivity contribution >= 4 is 17.5 Å². The summed E-state index contributed by atoms with van der Waals surface area (Å²) < 4.78 is 1.76. The monoisotopic (exact) mass is 467 g/mol. The minimum absolute atomic E-state index is 0.0467. The second kappa shape index (κ2) is 10.00. The first-order chi connectivity index (χ1) is 16.5. The van der Waals surface area contributed by atoms with E-state index in [0.717, 1.165) is 63.9 Å². The Kier molecular flexibility index (Phi) is 6.83. The van der Waals surface area contributed by atoms with E-state index in [2.05, 4.69) is 39.3 Å². The number of carbonyl (C=O) groups excluding carboxylic acids is 2. The maximum Gasteiger partial charge on any atom is 0.256 e. The molecule has 1 aliphatic carbocycles. The summed E-state index contributed by atoms with van der Waals surface area (Å²) in [6, 6.07) is 2.60. The molecule has 2 aliphatic heterocycles. The Morgan fingerprint density at radius 3 is 2.62 bits per heavy atom. The van der Waals surface area contributed by atoms with Crippen LogP contribution in [0.3, 0.4) is 0 Å². The summed E-state index contributed by atoms with van der Waals surface area (Å²) in [5, 5.41) is 7.67. The standard InChI is InChI=1S/C25H37N7O2/c1-29-14-10-19(11-15-29)30(2)17-23(33)31-13-5-8-21(31)22-9-12-26-24-20(16-27-32(22)24)25(34)28-18-6-3-4-7-18/h9,12,16,18-19,21H,3-8,10-11,13-15,17H2,1-2H3,(H,28,34)/t21-/m0/s1. The van der Waals surface area contributed by atoms with Crippen LogP contribution in [0.5, 0.6) is 0 Å². The fourth-order valence-corrected chi connectivity index (χ4v) is 5.90. The van der Waals surface area contributed by atoms with Crippen LogP contribution in [0.25, 0.3) is 5.65 Å². The Morgan fingerprint density at radius 2 is 1.85 bits per heavy atom. The fourth-order valence-electron chi connectivity index (χ4n) is 5.90. The zero-order valence-corrected chi connectivity index (χ0v) is 20.4. The van der Waals surface area contributed by atoms with Crippen molar-refractivity contribution in [2.75, 3.05) is 40.3 Å². The number of likely N-dealkylation sites (N-methyl/N-ethyl adjacent to an activating group) is 1. The van der Waals surface area contributed by atoms with Gasteiger partial charge in [-0.1, -0.05) is 12.8 Å². The highest BCUT2D eigenvalue weighted by atomic mass is 16.2. The number of hydrogen-bond acceptors (Lipinski definition) is 6. The van der Waals surface area contributed by atoms with E-state index in [0.29, 0.717) is 23.8 Å². The molecule has 2 aromatic heterocycles. The molecule has 9 heteroatoms. The normalized spacial score (nSPS) is 22.8. The number of aromatic nitrogens is 3. The summed E-state index contributed by atoms with van der Waals surface area (Å²) >= 11 is 0. The Bertz CT molecular complexity index is 1020. The number of rotatable bonds is 6. The predicted molar refractivity (Wildman–Crippen MR) is 130 cm³/mol. The highest BCUT2D eigenvalue weighted by Crippen LogP contribution is 2.32. The first kappa shape index (κ1) is 23.2. The second-order valence-electron chi connectivity index (χ2n) is 10.3. The molecule has 3 fully saturated rings. The van der Waals surface area contributed by atoms with Crippen LogP contribution in [0.4, 0.5) is 0 Å². The molecule has 184 valence electrons. The lowest BCUT2D eigenvalue weighted by molar-refractivity contribution is -0.133. The minimum atomic E-state index is -0.106. The Hall–Kier alpha value is -2.52. The van der Waals surface area contributed by atoms with Crippen molar-refractivity contribution in [3.63, 3.8) is 0 Å². The molecular weight excluding hydrogens is 430 g/mol. The minimum Gasteiger partial charge on any atom is -0.349 e. The van der Waals surface area contributed by atoms with Gasteiger partial charge in [-0.3, -0.25) is 14.5 Å². The van der Waals surface area contributed by atoms with Gasteiger partial charge in [0.15, 0.2) is 5.65 Å². The third-order valence-corrected chi connectivity index (χ3v) is 7.98. The lowest BCUT2D eigenvalue weighted by atomic mass is 10.0. The third kappa shape index (κ3) is 4.68. The molecule has 4 heterocycles. The molecule has 3 aliphatic rings. The number of hydrogen-bond donors (Lipinski definition) is 1. The van der Waals surface area contributed by atoms with Crippen molar-refractivity contribution in [2.24, 2.45) is 0 Å². The number of piperidine rings is 1. The Morgan fingerprint density at radius 1 is 1.09 bits per heavy atom. The van der Waals surface area contributed by atoms with Crippen molar-refractivity contribution in [2.45, 2.75) is 69.5 Å². The van der Waals surface area contributed by atoms with E-state index in [1.165, 1.54) is 12.8 Å². The molecule has 1 atom stereocenters. The first-order valence-electron chi connectivity index (χ1n) is 12.8.